The van der Waals surface area contributed by atoms with Gasteiger partial charge in [-0.25, -0.2) is 4.98 Å². The Hall–Kier alpha value is -1.94. The highest BCUT2D eigenvalue weighted by molar-refractivity contribution is 5.30. The van der Waals surface area contributed by atoms with E-state index in [-0.39, 0.29) is 5.56 Å². The predicted molar refractivity (Wildman–Crippen MR) is 83.3 cm³/mol. The van der Waals surface area contributed by atoms with Gasteiger partial charge in [0.25, 0.3) is 5.56 Å². The van der Waals surface area contributed by atoms with Gasteiger partial charge in [-0.3, -0.25) is 9.69 Å². The van der Waals surface area contributed by atoms with E-state index in [4.69, 9.17) is 0 Å². The summed E-state index contributed by atoms with van der Waals surface area (Å²) in [6.45, 7) is 8.63. The van der Waals surface area contributed by atoms with Gasteiger partial charge in [0.05, 0.1) is 11.3 Å². The summed E-state index contributed by atoms with van der Waals surface area (Å²) < 4.78 is 0. The molecule has 1 aromatic heterocycles. The van der Waals surface area contributed by atoms with Crippen molar-refractivity contribution < 1.29 is 0 Å². The van der Waals surface area contributed by atoms with E-state index in [1.165, 1.54) is 16.7 Å². The number of nitrogens with one attached hydrogen (secondary N) is 1. The summed E-state index contributed by atoms with van der Waals surface area (Å²) in [5, 5.41) is 0. The molecule has 0 spiro atoms. The number of aromatic nitrogens is 2. The maximum Gasteiger partial charge on any atom is 0.255 e. The van der Waals surface area contributed by atoms with Gasteiger partial charge in [0.1, 0.15) is 5.82 Å². The highest BCUT2D eigenvalue weighted by Crippen LogP contribution is 2.18. The molecule has 1 aliphatic rings. The van der Waals surface area contributed by atoms with Crippen LogP contribution >= 0.6 is 0 Å². The molecule has 1 aliphatic heterocycles. The average molecular weight is 283 g/mol. The van der Waals surface area contributed by atoms with Gasteiger partial charge < -0.3 is 4.98 Å². The number of hydrogen-bond acceptors (Lipinski definition) is 3. The summed E-state index contributed by atoms with van der Waals surface area (Å²) in [6, 6.07) is 6.58. The van der Waals surface area contributed by atoms with Crippen molar-refractivity contribution in [3.63, 3.8) is 0 Å². The SMILES string of the molecule is Cc1nc2c(c(=O)[nH]1)CN(Cc1ccc(C)c(C)c1)CC2. The Morgan fingerprint density at radius 2 is 2.05 bits per heavy atom. The fraction of sp³-hybridized carbons (Fsp3) is 0.412. The van der Waals surface area contributed by atoms with Crippen LogP contribution in [0.4, 0.5) is 0 Å². The monoisotopic (exact) mass is 283 g/mol. The number of fused-ring (bicyclic) bond motifs is 1. The van der Waals surface area contributed by atoms with Crippen LogP contribution in [0, 0.1) is 20.8 Å². The summed E-state index contributed by atoms with van der Waals surface area (Å²) in [6.07, 6.45) is 0.852. The van der Waals surface area contributed by atoms with Crippen LogP contribution in [0.1, 0.15) is 33.8 Å². The summed E-state index contributed by atoms with van der Waals surface area (Å²) in [5.41, 5.74) is 5.75. The molecule has 0 fully saturated rings. The molecular weight excluding hydrogens is 262 g/mol. The molecule has 21 heavy (non-hydrogen) atoms. The molecule has 0 bridgehead atoms. The van der Waals surface area contributed by atoms with Gasteiger partial charge in [-0.2, -0.15) is 0 Å². The average Bonchev–Trinajstić information content (AvgIpc) is 2.43. The third-order valence-electron chi connectivity index (χ3n) is 4.24. The molecule has 0 radical (unpaired) electrons. The fourth-order valence-corrected chi connectivity index (χ4v) is 2.90. The molecule has 0 amide bonds. The second-order valence-electron chi connectivity index (χ2n) is 5.96. The molecule has 1 N–H and O–H groups in total. The highest BCUT2D eigenvalue weighted by atomic mass is 16.1. The fourth-order valence-electron chi connectivity index (χ4n) is 2.90. The second kappa shape index (κ2) is 5.45. The van der Waals surface area contributed by atoms with Crippen LogP contribution in [0.15, 0.2) is 23.0 Å². The van der Waals surface area contributed by atoms with E-state index in [0.717, 1.165) is 30.8 Å². The summed E-state index contributed by atoms with van der Waals surface area (Å²) >= 11 is 0. The molecule has 0 unspecified atom stereocenters. The predicted octanol–water partition coefficient (Wildman–Crippen LogP) is 2.25. The van der Waals surface area contributed by atoms with E-state index >= 15 is 0 Å². The van der Waals surface area contributed by atoms with Crippen molar-refractivity contribution in [2.75, 3.05) is 6.54 Å². The Labute approximate surface area is 124 Å². The molecule has 110 valence electrons. The van der Waals surface area contributed by atoms with Crippen molar-refractivity contribution >= 4 is 0 Å². The third kappa shape index (κ3) is 2.90. The molecule has 0 atom stereocenters. The summed E-state index contributed by atoms with van der Waals surface area (Å²) in [7, 11) is 0. The van der Waals surface area contributed by atoms with Crippen LogP contribution in [0.25, 0.3) is 0 Å². The largest absolute Gasteiger partial charge is 0.310 e. The highest BCUT2D eigenvalue weighted by Gasteiger charge is 2.20. The minimum absolute atomic E-state index is 0.0160. The zero-order valence-corrected chi connectivity index (χ0v) is 12.9. The van der Waals surface area contributed by atoms with Crippen molar-refractivity contribution in [3.8, 4) is 0 Å². The van der Waals surface area contributed by atoms with Gasteiger partial charge in [-0.1, -0.05) is 18.2 Å². The minimum atomic E-state index is 0.0160. The van der Waals surface area contributed by atoms with E-state index in [1.807, 2.05) is 6.92 Å². The van der Waals surface area contributed by atoms with Crippen LogP contribution in [0.5, 0.6) is 0 Å². The van der Waals surface area contributed by atoms with Crippen LogP contribution in [-0.4, -0.2) is 21.4 Å². The van der Waals surface area contributed by atoms with Crippen LogP contribution in [-0.2, 0) is 19.5 Å². The molecule has 1 aromatic carbocycles. The Bertz CT molecular complexity index is 733. The Morgan fingerprint density at radius 3 is 2.81 bits per heavy atom. The lowest BCUT2D eigenvalue weighted by molar-refractivity contribution is 0.241. The minimum Gasteiger partial charge on any atom is -0.310 e. The maximum absolute atomic E-state index is 12.1. The lowest BCUT2D eigenvalue weighted by atomic mass is 10.0. The molecule has 4 heteroatoms. The van der Waals surface area contributed by atoms with E-state index < -0.39 is 0 Å². The van der Waals surface area contributed by atoms with Crippen molar-refractivity contribution in [3.05, 3.63) is 62.3 Å². The molecule has 0 saturated heterocycles. The number of H-pyrrole nitrogens is 1. The number of benzene rings is 1. The summed E-state index contributed by atoms with van der Waals surface area (Å²) in [5.74, 6) is 0.710. The lowest BCUT2D eigenvalue weighted by Gasteiger charge is -2.27. The molecule has 3 rings (SSSR count). The van der Waals surface area contributed by atoms with Crippen molar-refractivity contribution in [1.29, 1.82) is 0 Å². The number of aryl methyl sites for hydroxylation is 3. The van der Waals surface area contributed by atoms with E-state index in [0.29, 0.717) is 12.4 Å². The normalized spacial score (nSPS) is 15.0. The number of hydrogen-bond donors (Lipinski definition) is 1. The van der Waals surface area contributed by atoms with Gasteiger partial charge in [0.2, 0.25) is 0 Å². The number of aromatic amines is 1. The van der Waals surface area contributed by atoms with Gasteiger partial charge in [-0.15, -0.1) is 0 Å². The summed E-state index contributed by atoms with van der Waals surface area (Å²) in [4.78, 5) is 21.6. The van der Waals surface area contributed by atoms with Crippen molar-refractivity contribution in [1.82, 2.24) is 14.9 Å². The molecule has 2 heterocycles. The van der Waals surface area contributed by atoms with Gasteiger partial charge >= 0.3 is 0 Å². The smallest absolute Gasteiger partial charge is 0.255 e. The quantitative estimate of drug-likeness (QED) is 0.919. The third-order valence-corrected chi connectivity index (χ3v) is 4.24. The van der Waals surface area contributed by atoms with Crippen LogP contribution in [0.2, 0.25) is 0 Å². The topological polar surface area (TPSA) is 49.0 Å². The van der Waals surface area contributed by atoms with Gasteiger partial charge in [0.15, 0.2) is 0 Å². The second-order valence-corrected chi connectivity index (χ2v) is 5.96. The Morgan fingerprint density at radius 1 is 1.24 bits per heavy atom. The van der Waals surface area contributed by atoms with E-state index in [9.17, 15) is 4.79 Å². The van der Waals surface area contributed by atoms with Crippen LogP contribution < -0.4 is 5.56 Å². The van der Waals surface area contributed by atoms with Crippen molar-refractivity contribution in [2.45, 2.75) is 40.3 Å². The molecule has 2 aromatic rings. The zero-order chi connectivity index (χ0) is 15.0. The lowest BCUT2D eigenvalue weighted by Crippen LogP contribution is -2.35. The standard InChI is InChI=1S/C17H21N3O/c1-11-4-5-14(8-12(11)2)9-20-7-6-16-15(10-20)17(21)19-13(3)18-16/h4-5,8H,6-7,9-10H2,1-3H3,(H,18,19,21). The first-order valence-electron chi connectivity index (χ1n) is 7.40. The van der Waals surface area contributed by atoms with Crippen LogP contribution in [0.3, 0.4) is 0 Å². The van der Waals surface area contributed by atoms with E-state index in [2.05, 4.69) is 46.9 Å². The maximum atomic E-state index is 12.1. The number of nitrogens with zero attached hydrogens (tertiary/aromatic N) is 2. The van der Waals surface area contributed by atoms with Gasteiger partial charge in [0, 0.05) is 26.1 Å². The molecule has 0 saturated carbocycles. The number of rotatable bonds is 2. The first kappa shape index (κ1) is 14.0. The first-order chi connectivity index (χ1) is 10.0. The van der Waals surface area contributed by atoms with E-state index in [1.54, 1.807) is 0 Å². The first-order valence-corrected chi connectivity index (χ1v) is 7.40. The van der Waals surface area contributed by atoms with Gasteiger partial charge in [-0.05, 0) is 37.5 Å². The Kier molecular flexibility index (Phi) is 3.64. The van der Waals surface area contributed by atoms with Crippen molar-refractivity contribution in [2.24, 2.45) is 0 Å². The Balaban J connectivity index is 1.80. The molecular formula is C17H21N3O. The molecule has 4 nitrogen and oxygen atoms in total. The zero-order valence-electron chi connectivity index (χ0n) is 12.9. The molecule has 0 aliphatic carbocycles.